The van der Waals surface area contributed by atoms with Gasteiger partial charge in [0.05, 0.1) is 17.4 Å². The Morgan fingerprint density at radius 3 is 2.78 bits per heavy atom. The van der Waals surface area contributed by atoms with Gasteiger partial charge in [0.2, 0.25) is 0 Å². The van der Waals surface area contributed by atoms with Crippen molar-refractivity contribution in [1.29, 1.82) is 0 Å². The van der Waals surface area contributed by atoms with Crippen LogP contribution in [0.15, 0.2) is 30.7 Å². The van der Waals surface area contributed by atoms with Gasteiger partial charge >= 0.3 is 12.1 Å². The Labute approximate surface area is 215 Å². The third kappa shape index (κ3) is 4.90. The molecule has 5 heterocycles. The molecule has 3 aromatic rings. The second kappa shape index (κ2) is 9.20. The van der Waals surface area contributed by atoms with Crippen molar-refractivity contribution in [3.63, 3.8) is 0 Å². The monoisotopic (exact) mass is 509 g/mol. The lowest BCUT2D eigenvalue weighted by atomic mass is 10.1. The van der Waals surface area contributed by atoms with E-state index in [2.05, 4.69) is 20.2 Å². The highest BCUT2D eigenvalue weighted by atomic mass is 19.1. The number of aromatic nitrogens is 3. The Bertz CT molecular complexity index is 1370. The molecule has 0 bridgehead atoms. The fraction of sp³-hybridized carbons (Fsp3) is 0.462. The summed E-state index contributed by atoms with van der Waals surface area (Å²) < 4.78 is 21.9. The maximum Gasteiger partial charge on any atom is 0.410 e. The molecule has 1 fully saturated rings. The predicted octanol–water partition coefficient (Wildman–Crippen LogP) is 4.22. The maximum absolute atomic E-state index is 14.6. The first-order chi connectivity index (χ1) is 17.5. The van der Waals surface area contributed by atoms with Crippen molar-refractivity contribution in [2.45, 2.75) is 52.2 Å². The number of halogens is 1. The molecule has 1 N–H and O–H groups in total. The van der Waals surface area contributed by atoms with Crippen LogP contribution in [0.25, 0.3) is 5.65 Å². The van der Waals surface area contributed by atoms with E-state index in [0.717, 1.165) is 29.9 Å². The van der Waals surface area contributed by atoms with Crippen LogP contribution < -0.4 is 15.1 Å². The molecule has 0 unspecified atom stereocenters. The standard InChI is InChI=1S/C26H32FN7O3/c1-16-13-33-15-20(19(27)12-22(33)29-16)30-24(35)34-11-8-18-21(6-9-28-23(18)34)32-10-7-17(14-32)31(5)25(36)37-26(2,3)4/h6,9,12-13,15,17H,7-8,10-11,14H2,1-5H3,(H,30,35)/t17-/m0/s1. The summed E-state index contributed by atoms with van der Waals surface area (Å²) >= 11 is 0. The smallest absolute Gasteiger partial charge is 0.410 e. The van der Waals surface area contributed by atoms with Gasteiger partial charge < -0.3 is 24.3 Å². The molecule has 0 aromatic carbocycles. The van der Waals surface area contributed by atoms with E-state index in [1.807, 2.05) is 33.8 Å². The number of nitrogens with one attached hydrogen (secondary N) is 1. The topological polar surface area (TPSA) is 95.3 Å². The first-order valence-corrected chi connectivity index (χ1v) is 12.4. The molecule has 0 saturated carbocycles. The summed E-state index contributed by atoms with van der Waals surface area (Å²) in [6, 6.07) is 2.83. The zero-order valence-electron chi connectivity index (χ0n) is 21.8. The number of carbonyl (C=O) groups excluding carboxylic acids is 2. The van der Waals surface area contributed by atoms with Gasteiger partial charge in [0.25, 0.3) is 0 Å². The number of aryl methyl sites for hydroxylation is 1. The van der Waals surface area contributed by atoms with Crippen molar-refractivity contribution < 1.29 is 18.7 Å². The summed E-state index contributed by atoms with van der Waals surface area (Å²) in [6.45, 7) is 9.26. The van der Waals surface area contributed by atoms with Crippen LogP contribution in [-0.4, -0.2) is 69.7 Å². The number of ether oxygens (including phenoxy) is 1. The lowest BCUT2D eigenvalue weighted by molar-refractivity contribution is 0.0238. The van der Waals surface area contributed by atoms with Crippen molar-refractivity contribution in [3.8, 4) is 0 Å². The van der Waals surface area contributed by atoms with Gasteiger partial charge in [-0.05, 0) is 46.6 Å². The number of rotatable bonds is 3. The van der Waals surface area contributed by atoms with Gasteiger partial charge in [-0.2, -0.15) is 0 Å². The van der Waals surface area contributed by atoms with E-state index >= 15 is 0 Å². The van der Waals surface area contributed by atoms with Crippen LogP contribution in [0, 0.1) is 12.7 Å². The lowest BCUT2D eigenvalue weighted by Crippen LogP contribution is -2.42. The zero-order chi connectivity index (χ0) is 26.5. The quantitative estimate of drug-likeness (QED) is 0.568. The molecule has 5 rings (SSSR count). The van der Waals surface area contributed by atoms with E-state index in [1.165, 1.54) is 12.3 Å². The molecule has 1 atom stereocenters. The van der Waals surface area contributed by atoms with Gasteiger partial charge in [-0.3, -0.25) is 4.90 Å². The first-order valence-electron chi connectivity index (χ1n) is 12.4. The van der Waals surface area contributed by atoms with Gasteiger partial charge in [0.15, 0.2) is 5.82 Å². The van der Waals surface area contributed by atoms with E-state index in [1.54, 1.807) is 33.6 Å². The van der Waals surface area contributed by atoms with Crippen LogP contribution in [0.4, 0.5) is 31.2 Å². The van der Waals surface area contributed by atoms with E-state index in [0.29, 0.717) is 31.0 Å². The Morgan fingerprint density at radius 1 is 1.24 bits per heavy atom. The van der Waals surface area contributed by atoms with Crippen LogP contribution >= 0.6 is 0 Å². The second-order valence-corrected chi connectivity index (χ2v) is 10.6. The predicted molar refractivity (Wildman–Crippen MR) is 139 cm³/mol. The summed E-state index contributed by atoms with van der Waals surface area (Å²) in [5, 5.41) is 2.69. The summed E-state index contributed by atoms with van der Waals surface area (Å²) in [7, 11) is 1.77. The summed E-state index contributed by atoms with van der Waals surface area (Å²) in [5.74, 6) is 0.0173. The number of amides is 3. The molecule has 11 heteroatoms. The number of urea groups is 1. The number of anilines is 3. The van der Waals surface area contributed by atoms with Gasteiger partial charge in [-0.25, -0.2) is 23.9 Å². The minimum absolute atomic E-state index is 0.0178. The number of imidazole rings is 1. The molecule has 37 heavy (non-hydrogen) atoms. The number of likely N-dealkylation sites (N-methyl/N-ethyl adjacent to an activating group) is 1. The molecular formula is C26H32FN7O3. The summed E-state index contributed by atoms with van der Waals surface area (Å²) in [6.07, 6.45) is 6.09. The molecular weight excluding hydrogens is 477 g/mol. The largest absolute Gasteiger partial charge is 0.444 e. The normalized spacial score (nSPS) is 17.3. The maximum atomic E-state index is 14.6. The summed E-state index contributed by atoms with van der Waals surface area (Å²) in [4.78, 5) is 39.8. The summed E-state index contributed by atoms with van der Waals surface area (Å²) in [5.41, 5.74) is 2.74. The average Bonchev–Trinajstić information content (AvgIpc) is 3.55. The van der Waals surface area contributed by atoms with Crippen molar-refractivity contribution in [2.24, 2.45) is 0 Å². The number of hydrogen-bond acceptors (Lipinski definition) is 6. The number of carbonyl (C=O) groups is 2. The Balaban J connectivity index is 1.30. The van der Waals surface area contributed by atoms with E-state index < -0.39 is 17.4 Å². The van der Waals surface area contributed by atoms with Crippen LogP contribution in [0.1, 0.15) is 38.4 Å². The van der Waals surface area contributed by atoms with Gasteiger partial charge in [0, 0.05) is 62.6 Å². The average molecular weight is 510 g/mol. The molecule has 0 aliphatic carbocycles. The van der Waals surface area contributed by atoms with Crippen molar-refractivity contribution >= 4 is 35.0 Å². The minimum Gasteiger partial charge on any atom is -0.444 e. The van der Waals surface area contributed by atoms with Crippen LogP contribution in [0.3, 0.4) is 0 Å². The van der Waals surface area contributed by atoms with E-state index in [-0.39, 0.29) is 17.8 Å². The Hall–Kier alpha value is -3.89. The zero-order valence-corrected chi connectivity index (χ0v) is 21.8. The molecule has 2 aliphatic rings. The van der Waals surface area contributed by atoms with Gasteiger partial charge in [0.1, 0.15) is 17.1 Å². The lowest BCUT2D eigenvalue weighted by Gasteiger charge is -2.29. The molecule has 3 aromatic heterocycles. The number of pyridine rings is 2. The van der Waals surface area contributed by atoms with Gasteiger partial charge in [-0.15, -0.1) is 0 Å². The molecule has 10 nitrogen and oxygen atoms in total. The van der Waals surface area contributed by atoms with E-state index in [4.69, 9.17) is 4.74 Å². The van der Waals surface area contributed by atoms with Crippen molar-refractivity contribution in [1.82, 2.24) is 19.3 Å². The van der Waals surface area contributed by atoms with Crippen molar-refractivity contribution in [3.05, 3.63) is 47.8 Å². The molecule has 0 spiro atoms. The first kappa shape index (κ1) is 24.8. The third-order valence-corrected chi connectivity index (χ3v) is 6.73. The number of nitrogens with zero attached hydrogens (tertiary/aromatic N) is 6. The van der Waals surface area contributed by atoms with Crippen molar-refractivity contribution in [2.75, 3.05) is 41.8 Å². The fourth-order valence-corrected chi connectivity index (χ4v) is 4.94. The number of hydrogen-bond donors (Lipinski definition) is 1. The highest BCUT2D eigenvalue weighted by molar-refractivity contribution is 6.03. The molecule has 2 aliphatic heterocycles. The van der Waals surface area contributed by atoms with Gasteiger partial charge in [-0.1, -0.05) is 0 Å². The second-order valence-electron chi connectivity index (χ2n) is 10.6. The molecule has 0 radical (unpaired) electrons. The third-order valence-electron chi connectivity index (χ3n) is 6.73. The Morgan fingerprint density at radius 2 is 2.03 bits per heavy atom. The highest BCUT2D eigenvalue weighted by Gasteiger charge is 2.35. The van der Waals surface area contributed by atoms with Crippen LogP contribution in [0.2, 0.25) is 0 Å². The Kier molecular flexibility index (Phi) is 6.17. The molecule has 3 amide bonds. The van der Waals surface area contributed by atoms with Crippen LogP contribution in [0.5, 0.6) is 0 Å². The number of fused-ring (bicyclic) bond motifs is 2. The molecule has 196 valence electrons. The molecule has 1 saturated heterocycles. The van der Waals surface area contributed by atoms with Crippen LogP contribution in [-0.2, 0) is 11.2 Å². The minimum atomic E-state index is -0.551. The fourth-order valence-electron chi connectivity index (χ4n) is 4.94. The highest BCUT2D eigenvalue weighted by Crippen LogP contribution is 2.36. The SMILES string of the molecule is Cc1cn2cc(NC(=O)N3CCc4c(N5CC[C@H](N(C)C(=O)OC(C)(C)C)C5)ccnc43)c(F)cc2n1. The van der Waals surface area contributed by atoms with E-state index in [9.17, 15) is 14.0 Å².